The molecule has 0 aliphatic carbocycles. The maximum Gasteiger partial charge on any atom is 0.317 e. The van der Waals surface area contributed by atoms with Gasteiger partial charge in [0.15, 0.2) is 0 Å². The van der Waals surface area contributed by atoms with Gasteiger partial charge in [0.2, 0.25) is 0 Å². The minimum Gasteiger partial charge on any atom is -0.341 e. The standard InChI is InChI=1S/C11H15ClN2O/c1-8(14(3)11(15)13-2)9-5-4-6-10(12)7-9/h4-8H,1-3H3,(H,13,15). The van der Waals surface area contributed by atoms with Crippen LogP contribution in [0, 0.1) is 0 Å². The highest BCUT2D eigenvalue weighted by Gasteiger charge is 2.15. The predicted octanol–water partition coefficient (Wildman–Crippen LogP) is 2.67. The lowest BCUT2D eigenvalue weighted by Gasteiger charge is -2.24. The summed E-state index contributed by atoms with van der Waals surface area (Å²) in [6, 6.07) is 7.41. The summed E-state index contributed by atoms with van der Waals surface area (Å²) in [4.78, 5) is 13.0. The van der Waals surface area contributed by atoms with Gasteiger partial charge in [0.05, 0.1) is 6.04 Å². The van der Waals surface area contributed by atoms with Gasteiger partial charge >= 0.3 is 6.03 Å². The van der Waals surface area contributed by atoms with Crippen LogP contribution in [0.15, 0.2) is 24.3 Å². The fourth-order valence-corrected chi connectivity index (χ4v) is 1.54. The number of carbonyl (C=O) groups excluding carboxylic acids is 1. The molecular weight excluding hydrogens is 212 g/mol. The predicted molar refractivity (Wildman–Crippen MR) is 62.1 cm³/mol. The Labute approximate surface area is 95.0 Å². The highest BCUT2D eigenvalue weighted by atomic mass is 35.5. The number of halogens is 1. The lowest BCUT2D eigenvalue weighted by molar-refractivity contribution is 0.197. The summed E-state index contributed by atoms with van der Waals surface area (Å²) >= 11 is 5.89. The molecule has 0 bridgehead atoms. The summed E-state index contributed by atoms with van der Waals surface area (Å²) in [7, 11) is 3.37. The third-order valence-electron chi connectivity index (χ3n) is 2.45. The summed E-state index contributed by atoms with van der Waals surface area (Å²) in [5, 5.41) is 3.27. The highest BCUT2D eigenvalue weighted by molar-refractivity contribution is 6.30. The first-order valence-corrected chi connectivity index (χ1v) is 5.14. The fourth-order valence-electron chi connectivity index (χ4n) is 1.34. The highest BCUT2D eigenvalue weighted by Crippen LogP contribution is 2.21. The summed E-state index contributed by atoms with van der Waals surface area (Å²) in [6.07, 6.45) is 0. The van der Waals surface area contributed by atoms with Crippen LogP contribution in [-0.2, 0) is 0 Å². The summed E-state index contributed by atoms with van der Waals surface area (Å²) in [5.41, 5.74) is 1.02. The molecule has 15 heavy (non-hydrogen) atoms. The van der Waals surface area contributed by atoms with Crippen LogP contribution in [-0.4, -0.2) is 25.0 Å². The molecule has 0 aliphatic rings. The average molecular weight is 227 g/mol. The van der Waals surface area contributed by atoms with Gasteiger partial charge in [0.25, 0.3) is 0 Å². The van der Waals surface area contributed by atoms with Crippen molar-refractivity contribution in [1.29, 1.82) is 0 Å². The van der Waals surface area contributed by atoms with Crippen LogP contribution in [0.1, 0.15) is 18.5 Å². The van der Waals surface area contributed by atoms with E-state index in [9.17, 15) is 4.79 Å². The Balaban J connectivity index is 2.84. The molecule has 0 radical (unpaired) electrons. The van der Waals surface area contributed by atoms with E-state index in [2.05, 4.69) is 5.32 Å². The van der Waals surface area contributed by atoms with Gasteiger partial charge in [0.1, 0.15) is 0 Å². The Morgan fingerprint density at radius 1 is 1.53 bits per heavy atom. The number of amides is 2. The first kappa shape index (κ1) is 11.9. The van der Waals surface area contributed by atoms with Crippen molar-refractivity contribution in [2.75, 3.05) is 14.1 Å². The molecule has 1 rings (SSSR count). The van der Waals surface area contributed by atoms with Gasteiger partial charge in [-0.1, -0.05) is 23.7 Å². The van der Waals surface area contributed by atoms with Crippen molar-refractivity contribution in [2.24, 2.45) is 0 Å². The van der Waals surface area contributed by atoms with Crippen LogP contribution in [0.5, 0.6) is 0 Å². The van der Waals surface area contributed by atoms with Gasteiger partial charge in [0, 0.05) is 19.1 Å². The molecule has 1 atom stereocenters. The topological polar surface area (TPSA) is 32.3 Å². The van der Waals surface area contributed by atoms with Crippen LogP contribution < -0.4 is 5.32 Å². The third kappa shape index (κ3) is 2.86. The van der Waals surface area contributed by atoms with E-state index in [-0.39, 0.29) is 12.1 Å². The molecule has 0 spiro atoms. The van der Waals surface area contributed by atoms with Crippen molar-refractivity contribution >= 4 is 17.6 Å². The Kier molecular flexibility index (Phi) is 3.97. The maximum absolute atomic E-state index is 11.4. The Hall–Kier alpha value is -1.22. The average Bonchev–Trinajstić information content (AvgIpc) is 2.26. The van der Waals surface area contributed by atoms with Crippen LogP contribution in [0.2, 0.25) is 5.02 Å². The number of nitrogens with one attached hydrogen (secondary N) is 1. The number of nitrogens with zero attached hydrogens (tertiary/aromatic N) is 1. The molecule has 4 heteroatoms. The third-order valence-corrected chi connectivity index (χ3v) is 2.68. The lowest BCUT2D eigenvalue weighted by Crippen LogP contribution is -2.36. The van der Waals surface area contributed by atoms with Crippen molar-refractivity contribution < 1.29 is 4.79 Å². The minimum absolute atomic E-state index is 0.00338. The summed E-state index contributed by atoms with van der Waals surface area (Å²) in [5.74, 6) is 0. The molecule has 0 fully saturated rings. The van der Waals surface area contributed by atoms with Gasteiger partial charge in [-0.15, -0.1) is 0 Å². The van der Waals surface area contributed by atoms with Gasteiger partial charge in [-0.3, -0.25) is 0 Å². The Morgan fingerprint density at radius 2 is 2.20 bits per heavy atom. The number of hydrogen-bond donors (Lipinski definition) is 1. The van der Waals surface area contributed by atoms with Crippen molar-refractivity contribution in [3.05, 3.63) is 34.9 Å². The molecule has 2 amide bonds. The van der Waals surface area contributed by atoms with Crippen LogP contribution in [0.3, 0.4) is 0 Å². The first-order chi connectivity index (χ1) is 7.06. The van der Waals surface area contributed by atoms with Crippen LogP contribution in [0.25, 0.3) is 0 Å². The Morgan fingerprint density at radius 3 is 2.73 bits per heavy atom. The zero-order valence-electron chi connectivity index (χ0n) is 9.12. The van der Waals surface area contributed by atoms with E-state index in [0.717, 1.165) is 5.56 Å². The van der Waals surface area contributed by atoms with E-state index in [1.165, 1.54) is 0 Å². The van der Waals surface area contributed by atoms with Crippen LogP contribution >= 0.6 is 11.6 Å². The number of benzene rings is 1. The molecule has 3 nitrogen and oxygen atoms in total. The molecule has 82 valence electrons. The molecule has 1 N–H and O–H groups in total. The van der Waals surface area contributed by atoms with E-state index in [0.29, 0.717) is 5.02 Å². The Bertz CT molecular complexity index is 354. The molecule has 1 aromatic carbocycles. The number of hydrogen-bond acceptors (Lipinski definition) is 1. The smallest absolute Gasteiger partial charge is 0.317 e. The molecule has 0 saturated carbocycles. The monoisotopic (exact) mass is 226 g/mol. The van der Waals surface area contributed by atoms with Crippen molar-refractivity contribution in [1.82, 2.24) is 10.2 Å². The second-order valence-corrected chi connectivity index (χ2v) is 3.83. The largest absolute Gasteiger partial charge is 0.341 e. The van der Waals surface area contributed by atoms with Crippen molar-refractivity contribution in [3.63, 3.8) is 0 Å². The van der Waals surface area contributed by atoms with Gasteiger partial charge in [-0.25, -0.2) is 4.79 Å². The minimum atomic E-state index is -0.109. The zero-order valence-corrected chi connectivity index (χ0v) is 9.88. The molecule has 1 unspecified atom stereocenters. The van der Waals surface area contributed by atoms with Crippen LogP contribution in [0.4, 0.5) is 4.79 Å². The molecule has 0 aliphatic heterocycles. The van der Waals surface area contributed by atoms with Gasteiger partial charge in [-0.2, -0.15) is 0 Å². The molecule has 1 aromatic rings. The molecule has 0 saturated heterocycles. The van der Waals surface area contributed by atoms with Gasteiger partial charge in [-0.05, 0) is 24.6 Å². The zero-order chi connectivity index (χ0) is 11.4. The number of urea groups is 1. The van der Waals surface area contributed by atoms with Crippen molar-refractivity contribution in [2.45, 2.75) is 13.0 Å². The van der Waals surface area contributed by atoms with E-state index in [4.69, 9.17) is 11.6 Å². The number of carbonyl (C=O) groups is 1. The number of rotatable bonds is 2. The van der Waals surface area contributed by atoms with E-state index in [1.807, 2.05) is 31.2 Å². The van der Waals surface area contributed by atoms with Gasteiger partial charge < -0.3 is 10.2 Å². The SMILES string of the molecule is CNC(=O)N(C)C(C)c1cccc(Cl)c1. The fraction of sp³-hybridized carbons (Fsp3) is 0.364. The summed E-state index contributed by atoms with van der Waals surface area (Å²) < 4.78 is 0. The summed E-state index contributed by atoms with van der Waals surface area (Å²) in [6.45, 7) is 1.96. The van der Waals surface area contributed by atoms with Crippen molar-refractivity contribution in [3.8, 4) is 0 Å². The normalized spacial score (nSPS) is 12.0. The molecular formula is C11H15ClN2O. The van der Waals surface area contributed by atoms with E-state index in [1.54, 1.807) is 19.0 Å². The second kappa shape index (κ2) is 5.03. The molecule has 0 heterocycles. The molecule has 0 aromatic heterocycles. The lowest BCUT2D eigenvalue weighted by atomic mass is 10.1. The second-order valence-electron chi connectivity index (χ2n) is 3.40. The van der Waals surface area contributed by atoms with E-state index >= 15 is 0 Å². The quantitative estimate of drug-likeness (QED) is 0.826. The van der Waals surface area contributed by atoms with E-state index < -0.39 is 0 Å². The first-order valence-electron chi connectivity index (χ1n) is 4.76. The maximum atomic E-state index is 11.4.